The Labute approximate surface area is 71.5 Å². The van der Waals surface area contributed by atoms with E-state index in [-0.39, 0.29) is 0 Å². The molecule has 0 spiro atoms. The summed E-state index contributed by atoms with van der Waals surface area (Å²) < 4.78 is 0. The topological polar surface area (TPSA) is 21.3 Å². The molecule has 2 nitrogen and oxygen atoms in total. The highest BCUT2D eigenvalue weighted by atomic mass is 16.7. The van der Waals surface area contributed by atoms with E-state index in [1.54, 1.807) is 0 Å². The van der Waals surface area contributed by atoms with Gasteiger partial charge in [-0.3, -0.25) is 4.84 Å². The van der Waals surface area contributed by atoms with Crippen molar-refractivity contribution in [3.05, 3.63) is 35.9 Å². The van der Waals surface area contributed by atoms with Gasteiger partial charge < -0.3 is 0 Å². The molecule has 2 aliphatic rings. The van der Waals surface area contributed by atoms with E-state index in [2.05, 4.69) is 35.8 Å². The predicted octanol–water partition coefficient (Wildman–Crippen LogP) is 1.23. The van der Waals surface area contributed by atoms with Crippen LogP contribution in [0.15, 0.2) is 30.3 Å². The van der Waals surface area contributed by atoms with Crippen molar-refractivity contribution < 1.29 is 4.84 Å². The van der Waals surface area contributed by atoms with E-state index < -0.39 is 0 Å². The summed E-state index contributed by atoms with van der Waals surface area (Å²) in [5.74, 6) is 0. The van der Waals surface area contributed by atoms with Crippen molar-refractivity contribution in [2.75, 3.05) is 6.54 Å². The normalized spacial score (nSPS) is 37.8. The van der Waals surface area contributed by atoms with Gasteiger partial charge in [-0.2, -0.15) is 0 Å². The van der Waals surface area contributed by atoms with Gasteiger partial charge in [0.2, 0.25) is 0 Å². The lowest BCUT2D eigenvalue weighted by Crippen LogP contribution is -2.18. The van der Waals surface area contributed by atoms with Gasteiger partial charge in [0.15, 0.2) is 0 Å². The van der Waals surface area contributed by atoms with Crippen LogP contribution in [0.3, 0.4) is 0 Å². The lowest BCUT2D eigenvalue weighted by molar-refractivity contribution is 0.0648. The van der Waals surface area contributed by atoms with E-state index in [4.69, 9.17) is 4.84 Å². The third-order valence-corrected chi connectivity index (χ3v) is 2.97. The smallest absolute Gasteiger partial charge is 0.0910 e. The molecule has 2 unspecified atom stereocenters. The molecule has 1 aliphatic heterocycles. The van der Waals surface area contributed by atoms with Crippen molar-refractivity contribution in [3.63, 3.8) is 0 Å². The quantitative estimate of drug-likeness (QED) is 0.669. The number of hydrogen-bond acceptors (Lipinski definition) is 2. The van der Waals surface area contributed by atoms with Crippen molar-refractivity contribution in [2.24, 2.45) is 0 Å². The van der Waals surface area contributed by atoms with Gasteiger partial charge in [0.05, 0.1) is 6.10 Å². The fourth-order valence-electron chi connectivity index (χ4n) is 2.06. The van der Waals surface area contributed by atoms with Crippen LogP contribution in [0.25, 0.3) is 0 Å². The minimum absolute atomic E-state index is 0.321. The van der Waals surface area contributed by atoms with Crippen LogP contribution in [0.5, 0.6) is 0 Å². The summed E-state index contributed by atoms with van der Waals surface area (Å²) in [6.45, 7) is 0.974. The minimum atomic E-state index is 0.321. The first kappa shape index (κ1) is 6.63. The molecule has 3 rings (SSSR count). The Kier molecular flexibility index (Phi) is 1.15. The maximum atomic E-state index is 5.33. The van der Waals surface area contributed by atoms with E-state index in [1.165, 1.54) is 12.0 Å². The summed E-state index contributed by atoms with van der Waals surface area (Å²) >= 11 is 0. The molecule has 0 bridgehead atoms. The van der Waals surface area contributed by atoms with Crippen LogP contribution < -0.4 is 5.48 Å². The van der Waals surface area contributed by atoms with E-state index in [0.29, 0.717) is 11.5 Å². The van der Waals surface area contributed by atoms with Gasteiger partial charge >= 0.3 is 0 Å². The first-order chi connectivity index (χ1) is 5.92. The van der Waals surface area contributed by atoms with E-state index in [0.717, 1.165) is 6.54 Å². The number of hydrogen-bond donors (Lipinski definition) is 1. The molecule has 1 N–H and O–H groups in total. The van der Waals surface area contributed by atoms with Gasteiger partial charge in [-0.25, -0.2) is 5.48 Å². The zero-order valence-corrected chi connectivity index (χ0v) is 6.79. The lowest BCUT2D eigenvalue weighted by atomic mass is 9.96. The first-order valence-electron chi connectivity index (χ1n) is 4.36. The number of nitrogens with one attached hydrogen (secondary N) is 1. The summed E-state index contributed by atoms with van der Waals surface area (Å²) in [6.07, 6.45) is 1.61. The minimum Gasteiger partial charge on any atom is -0.297 e. The zero-order chi connectivity index (χ0) is 8.02. The van der Waals surface area contributed by atoms with Crippen LogP contribution in [0.4, 0.5) is 0 Å². The van der Waals surface area contributed by atoms with Crippen LogP contribution in [0.1, 0.15) is 12.0 Å². The second-order valence-electron chi connectivity index (χ2n) is 3.65. The molecule has 1 aromatic rings. The Morgan fingerprint density at radius 2 is 2.17 bits per heavy atom. The fraction of sp³-hybridized carbons (Fsp3) is 0.400. The van der Waals surface area contributed by atoms with Crippen molar-refractivity contribution in [1.29, 1.82) is 0 Å². The molecule has 1 heterocycles. The van der Waals surface area contributed by atoms with Gasteiger partial charge in [0, 0.05) is 12.0 Å². The Morgan fingerprint density at radius 1 is 1.33 bits per heavy atom. The molecule has 1 aliphatic carbocycles. The highest BCUT2D eigenvalue weighted by Crippen LogP contribution is 2.52. The molecule has 0 aromatic heterocycles. The summed E-state index contributed by atoms with van der Waals surface area (Å²) in [5, 5.41) is 0. The van der Waals surface area contributed by atoms with E-state index in [1.807, 2.05) is 0 Å². The van der Waals surface area contributed by atoms with Gasteiger partial charge in [0.25, 0.3) is 0 Å². The molecule has 0 radical (unpaired) electrons. The Balaban J connectivity index is 2.00. The molecule has 0 amide bonds. The summed E-state index contributed by atoms with van der Waals surface area (Å²) in [4.78, 5) is 5.33. The Bertz CT molecular complexity index is 298. The number of rotatable bonds is 1. The number of fused-ring (bicyclic) bond motifs is 1. The van der Waals surface area contributed by atoms with Gasteiger partial charge in [-0.15, -0.1) is 0 Å². The molecule has 12 heavy (non-hydrogen) atoms. The van der Waals surface area contributed by atoms with Gasteiger partial charge in [-0.1, -0.05) is 30.3 Å². The second kappa shape index (κ2) is 2.09. The standard InChI is InChI=1S/C10H11NO/c1-2-4-8(5-3-1)10-6-9(10)12-11-7-10/h1-5,9,11H,6-7H2. The Morgan fingerprint density at radius 3 is 2.75 bits per heavy atom. The van der Waals surface area contributed by atoms with Crippen LogP contribution in [-0.2, 0) is 10.3 Å². The molecule has 2 heteroatoms. The second-order valence-corrected chi connectivity index (χ2v) is 3.65. The van der Waals surface area contributed by atoms with Crippen molar-refractivity contribution >= 4 is 0 Å². The van der Waals surface area contributed by atoms with Crippen molar-refractivity contribution in [1.82, 2.24) is 5.48 Å². The molecular weight excluding hydrogens is 150 g/mol. The molecule has 1 saturated carbocycles. The zero-order valence-electron chi connectivity index (χ0n) is 6.79. The summed E-state index contributed by atoms with van der Waals surface area (Å²) in [6, 6.07) is 10.6. The third-order valence-electron chi connectivity index (χ3n) is 2.97. The maximum absolute atomic E-state index is 5.33. The molecule has 2 fully saturated rings. The largest absolute Gasteiger partial charge is 0.297 e. The van der Waals surface area contributed by atoms with Gasteiger partial charge in [-0.05, 0) is 12.0 Å². The third kappa shape index (κ3) is 0.713. The molecule has 1 saturated heterocycles. The van der Waals surface area contributed by atoms with Crippen LogP contribution in [0, 0.1) is 0 Å². The highest BCUT2D eigenvalue weighted by Gasteiger charge is 2.60. The van der Waals surface area contributed by atoms with Crippen LogP contribution in [-0.4, -0.2) is 12.6 Å². The van der Waals surface area contributed by atoms with Crippen molar-refractivity contribution in [2.45, 2.75) is 17.9 Å². The fourth-order valence-corrected chi connectivity index (χ4v) is 2.06. The van der Waals surface area contributed by atoms with Gasteiger partial charge in [0.1, 0.15) is 0 Å². The number of hydroxylamine groups is 1. The highest BCUT2D eigenvalue weighted by molar-refractivity contribution is 5.36. The SMILES string of the molecule is c1ccc(C23CNOC2C3)cc1. The van der Waals surface area contributed by atoms with Crippen molar-refractivity contribution in [3.8, 4) is 0 Å². The Hall–Kier alpha value is -0.860. The van der Waals surface area contributed by atoms with Crippen LogP contribution in [0.2, 0.25) is 0 Å². The first-order valence-corrected chi connectivity index (χ1v) is 4.36. The predicted molar refractivity (Wildman–Crippen MR) is 45.6 cm³/mol. The summed E-state index contributed by atoms with van der Waals surface area (Å²) in [7, 11) is 0. The number of benzene rings is 1. The average Bonchev–Trinajstić information content (AvgIpc) is 2.72. The maximum Gasteiger partial charge on any atom is 0.0910 e. The van der Waals surface area contributed by atoms with E-state index in [9.17, 15) is 0 Å². The molecule has 1 aromatic carbocycles. The molecule has 62 valence electrons. The lowest BCUT2D eigenvalue weighted by Gasteiger charge is -2.08. The molecule has 2 atom stereocenters. The molecular formula is C10H11NO. The van der Waals surface area contributed by atoms with Crippen LogP contribution >= 0.6 is 0 Å². The monoisotopic (exact) mass is 161 g/mol. The van der Waals surface area contributed by atoms with E-state index >= 15 is 0 Å². The summed E-state index contributed by atoms with van der Waals surface area (Å²) in [5.41, 5.74) is 4.70. The average molecular weight is 161 g/mol.